The number of aliphatic hydroxyl groups excluding tert-OH is 5. The number of aliphatic hydroxyl groups is 5. The van der Waals surface area contributed by atoms with Crippen molar-refractivity contribution in [3.05, 3.63) is 53.7 Å². The number of urea groups is 1. The van der Waals surface area contributed by atoms with Gasteiger partial charge in [0.1, 0.15) is 30.1 Å². The van der Waals surface area contributed by atoms with Crippen LogP contribution in [0, 0.1) is 11.3 Å². The Morgan fingerprint density at radius 1 is 1.07 bits per heavy atom. The molecule has 0 spiro atoms. The van der Waals surface area contributed by atoms with E-state index in [0.29, 0.717) is 33.4 Å². The number of benzene rings is 2. The Kier molecular flexibility index (Phi) is 9.10. The van der Waals surface area contributed by atoms with E-state index in [9.17, 15) is 35.3 Å². The molecule has 4 unspecified atom stereocenters. The van der Waals surface area contributed by atoms with Crippen molar-refractivity contribution in [2.75, 3.05) is 30.8 Å². The van der Waals surface area contributed by atoms with Crippen LogP contribution in [0.25, 0.3) is 22.3 Å². The molecule has 0 fully saturated rings. The topological polar surface area (TPSA) is 246 Å². The standard InChI is InChI=1S/C26H29N9O7/c1-34(11-19(37)22(39)23(40)20(38)12-36)26(42)29-17-5-3-4-14-9-18(35(2)21(14)17)25(41)28-16-7-6-13(10-27)8-15(16)24-30-32-33-31-24/h3-9,19-20,22-23,36-40H,11-12H2,1-2H3,(H,28,41)(H,29,42)(H,30,31,32,33). The fourth-order valence-corrected chi connectivity index (χ4v) is 4.36. The number of aromatic amines is 1. The number of anilines is 2. The number of likely N-dealkylation sites (N-methyl/N-ethyl adjacent to an activating group) is 1. The number of carbonyl (C=O) groups excluding carboxylic acids is 2. The Hall–Kier alpha value is -4.92. The van der Waals surface area contributed by atoms with E-state index in [1.807, 2.05) is 6.07 Å². The predicted molar refractivity (Wildman–Crippen MR) is 148 cm³/mol. The van der Waals surface area contributed by atoms with Gasteiger partial charge in [0.15, 0.2) is 5.82 Å². The van der Waals surface area contributed by atoms with E-state index in [2.05, 4.69) is 31.3 Å². The summed E-state index contributed by atoms with van der Waals surface area (Å²) >= 11 is 0. The number of aromatic nitrogens is 5. The SMILES string of the molecule is CN(CC(O)C(O)C(O)C(O)CO)C(=O)Nc1cccc2cc(C(=O)Nc3ccc(C#N)cc3-c3nnn[nH]3)n(C)c12. The maximum Gasteiger partial charge on any atom is 0.321 e. The number of amides is 3. The van der Waals surface area contributed by atoms with Gasteiger partial charge in [0.2, 0.25) is 0 Å². The third kappa shape index (κ3) is 6.20. The van der Waals surface area contributed by atoms with E-state index in [1.54, 1.807) is 48.0 Å². The second kappa shape index (κ2) is 12.7. The molecule has 3 amide bonds. The van der Waals surface area contributed by atoms with E-state index >= 15 is 0 Å². The van der Waals surface area contributed by atoms with Crippen molar-refractivity contribution in [3.63, 3.8) is 0 Å². The van der Waals surface area contributed by atoms with Crippen LogP contribution in [-0.2, 0) is 7.05 Å². The van der Waals surface area contributed by atoms with E-state index in [0.717, 1.165) is 4.90 Å². The van der Waals surface area contributed by atoms with Crippen LogP contribution in [0.4, 0.5) is 16.2 Å². The van der Waals surface area contributed by atoms with Gasteiger partial charge in [-0.2, -0.15) is 5.26 Å². The molecule has 0 bridgehead atoms. The summed E-state index contributed by atoms with van der Waals surface area (Å²) in [4.78, 5) is 27.3. The van der Waals surface area contributed by atoms with Gasteiger partial charge in [-0.25, -0.2) is 9.89 Å². The molecule has 16 nitrogen and oxygen atoms in total. The highest BCUT2D eigenvalue weighted by Gasteiger charge is 2.31. The van der Waals surface area contributed by atoms with Gasteiger partial charge in [0.05, 0.1) is 41.7 Å². The number of tetrazole rings is 1. The molecule has 4 aromatic rings. The van der Waals surface area contributed by atoms with Crippen LogP contribution >= 0.6 is 0 Å². The van der Waals surface area contributed by atoms with Gasteiger partial charge in [-0.3, -0.25) is 4.79 Å². The van der Waals surface area contributed by atoms with Crippen molar-refractivity contribution in [3.8, 4) is 17.5 Å². The third-order valence-corrected chi connectivity index (χ3v) is 6.66. The van der Waals surface area contributed by atoms with Crippen molar-refractivity contribution in [1.82, 2.24) is 30.1 Å². The number of nitrogens with zero attached hydrogens (tertiary/aromatic N) is 6. The van der Waals surface area contributed by atoms with Crippen LogP contribution < -0.4 is 10.6 Å². The number of carbonyl (C=O) groups is 2. The van der Waals surface area contributed by atoms with Crippen molar-refractivity contribution in [2.45, 2.75) is 24.4 Å². The Balaban J connectivity index is 1.53. The number of hydrogen-bond donors (Lipinski definition) is 8. The van der Waals surface area contributed by atoms with E-state index in [4.69, 9.17) is 5.11 Å². The number of H-pyrrole nitrogens is 1. The number of nitrogens with one attached hydrogen (secondary N) is 3. The highest BCUT2D eigenvalue weighted by molar-refractivity contribution is 6.10. The number of para-hydroxylation sites is 1. The van der Waals surface area contributed by atoms with Crippen LogP contribution in [0.1, 0.15) is 16.1 Å². The van der Waals surface area contributed by atoms with Gasteiger partial charge in [-0.1, -0.05) is 12.1 Å². The molecule has 220 valence electrons. The van der Waals surface area contributed by atoms with Crippen LogP contribution in [0.3, 0.4) is 0 Å². The molecular weight excluding hydrogens is 550 g/mol. The Labute approximate surface area is 238 Å². The summed E-state index contributed by atoms with van der Waals surface area (Å²) in [5.41, 5.74) is 2.23. The quantitative estimate of drug-likeness (QED) is 0.118. The summed E-state index contributed by atoms with van der Waals surface area (Å²) in [6.07, 6.45) is -6.94. The monoisotopic (exact) mass is 579 g/mol. The Morgan fingerprint density at radius 3 is 2.48 bits per heavy atom. The molecule has 0 aliphatic heterocycles. The summed E-state index contributed by atoms with van der Waals surface area (Å²) in [5, 5.41) is 77.5. The largest absolute Gasteiger partial charge is 0.394 e. The molecule has 0 aliphatic rings. The number of aryl methyl sites for hydroxylation is 1. The predicted octanol–water partition coefficient (Wildman–Crippen LogP) is -0.618. The van der Waals surface area contributed by atoms with Crippen LogP contribution in [0.15, 0.2) is 42.5 Å². The van der Waals surface area contributed by atoms with Crippen LogP contribution in [-0.4, -0.2) is 112 Å². The minimum Gasteiger partial charge on any atom is -0.394 e. The molecule has 0 aliphatic carbocycles. The number of hydrogen-bond acceptors (Lipinski definition) is 11. The molecule has 2 heterocycles. The van der Waals surface area contributed by atoms with Gasteiger partial charge in [0, 0.05) is 25.0 Å². The Bertz CT molecular complexity index is 1620. The van der Waals surface area contributed by atoms with Crippen LogP contribution in [0.2, 0.25) is 0 Å². The summed E-state index contributed by atoms with van der Waals surface area (Å²) < 4.78 is 1.59. The molecule has 2 aromatic heterocycles. The van der Waals surface area contributed by atoms with E-state index < -0.39 is 49.5 Å². The normalized spacial score (nSPS) is 14.0. The summed E-state index contributed by atoms with van der Waals surface area (Å²) in [6, 6.07) is 12.7. The fraction of sp³-hybridized carbons (Fsp3) is 0.308. The molecular formula is C26H29N9O7. The molecule has 8 N–H and O–H groups in total. The maximum absolute atomic E-state index is 13.4. The second-order valence-corrected chi connectivity index (χ2v) is 9.52. The highest BCUT2D eigenvalue weighted by atomic mass is 16.4. The fourth-order valence-electron chi connectivity index (χ4n) is 4.36. The van der Waals surface area contributed by atoms with E-state index in [1.165, 1.54) is 13.1 Å². The highest BCUT2D eigenvalue weighted by Crippen LogP contribution is 2.29. The third-order valence-electron chi connectivity index (χ3n) is 6.66. The molecule has 4 atom stereocenters. The average molecular weight is 580 g/mol. The maximum atomic E-state index is 13.4. The lowest BCUT2D eigenvalue weighted by molar-refractivity contribution is -0.117. The molecule has 0 saturated carbocycles. The van der Waals surface area contributed by atoms with Crippen LogP contribution in [0.5, 0.6) is 0 Å². The minimum atomic E-state index is -1.82. The first-order chi connectivity index (χ1) is 20.0. The number of rotatable bonds is 10. The Morgan fingerprint density at radius 2 is 1.81 bits per heavy atom. The minimum absolute atomic E-state index is 0.251. The van der Waals surface area contributed by atoms with Crippen molar-refractivity contribution >= 4 is 34.2 Å². The number of fused-ring (bicyclic) bond motifs is 1. The zero-order valence-corrected chi connectivity index (χ0v) is 22.5. The first kappa shape index (κ1) is 30.0. The van der Waals surface area contributed by atoms with Gasteiger partial charge in [-0.05, 0) is 40.8 Å². The van der Waals surface area contributed by atoms with Gasteiger partial charge >= 0.3 is 6.03 Å². The smallest absolute Gasteiger partial charge is 0.321 e. The average Bonchev–Trinajstić information content (AvgIpc) is 3.65. The lowest BCUT2D eigenvalue weighted by Gasteiger charge is -2.28. The molecule has 0 radical (unpaired) electrons. The molecule has 42 heavy (non-hydrogen) atoms. The van der Waals surface area contributed by atoms with Crippen molar-refractivity contribution in [1.29, 1.82) is 5.26 Å². The summed E-state index contributed by atoms with van der Waals surface area (Å²) in [6.45, 7) is -1.23. The summed E-state index contributed by atoms with van der Waals surface area (Å²) in [5.74, 6) is -0.229. The molecule has 2 aromatic carbocycles. The molecule has 16 heteroatoms. The van der Waals surface area contributed by atoms with Gasteiger partial charge in [0.25, 0.3) is 5.91 Å². The second-order valence-electron chi connectivity index (χ2n) is 9.52. The van der Waals surface area contributed by atoms with Crippen molar-refractivity contribution < 1.29 is 35.1 Å². The molecule has 4 rings (SSSR count). The molecule has 0 saturated heterocycles. The lowest BCUT2D eigenvalue weighted by atomic mass is 10.0. The zero-order chi connectivity index (χ0) is 30.6. The van der Waals surface area contributed by atoms with E-state index in [-0.39, 0.29) is 11.5 Å². The number of nitriles is 1. The van der Waals surface area contributed by atoms with Gasteiger partial charge in [-0.15, -0.1) is 5.10 Å². The van der Waals surface area contributed by atoms with Crippen molar-refractivity contribution in [2.24, 2.45) is 7.05 Å². The zero-order valence-electron chi connectivity index (χ0n) is 22.5. The van der Waals surface area contributed by atoms with Gasteiger partial charge < -0.3 is 45.6 Å². The summed E-state index contributed by atoms with van der Waals surface area (Å²) in [7, 11) is 2.99. The first-order valence-corrected chi connectivity index (χ1v) is 12.6. The first-order valence-electron chi connectivity index (χ1n) is 12.6. The lowest BCUT2D eigenvalue weighted by Crippen LogP contribution is -2.50.